The normalized spacial score (nSPS) is 14.9. The molecule has 1 heterocycles. The third-order valence-corrected chi connectivity index (χ3v) is 4.27. The van der Waals surface area contributed by atoms with E-state index in [9.17, 15) is 19.2 Å². The third kappa shape index (κ3) is 4.16. The fourth-order valence-corrected chi connectivity index (χ4v) is 2.75. The quantitative estimate of drug-likeness (QED) is 0.618. The van der Waals surface area contributed by atoms with E-state index >= 15 is 0 Å². The first-order chi connectivity index (χ1) is 11.9. The molecule has 0 spiro atoms. The standard InChI is InChI=1S/C17H18Cl2N2O5/c1-8(16(25)26-7-13(22)20-17(2,3)4)21-14(23)9-5-11(18)12(19)6-10(9)15(21)24/h5-6,8H,7H2,1-4H3,(H,20,22)/t8-/m0/s1. The molecule has 1 atom stereocenters. The van der Waals surface area contributed by atoms with Gasteiger partial charge < -0.3 is 10.1 Å². The van der Waals surface area contributed by atoms with E-state index in [0.717, 1.165) is 4.90 Å². The van der Waals surface area contributed by atoms with Gasteiger partial charge in [-0.2, -0.15) is 0 Å². The average molecular weight is 401 g/mol. The van der Waals surface area contributed by atoms with Crippen LogP contribution in [0.5, 0.6) is 0 Å². The van der Waals surface area contributed by atoms with Crippen molar-refractivity contribution < 1.29 is 23.9 Å². The van der Waals surface area contributed by atoms with Crippen LogP contribution in [-0.4, -0.2) is 46.8 Å². The molecule has 2 rings (SSSR count). The van der Waals surface area contributed by atoms with Crippen molar-refractivity contribution in [1.29, 1.82) is 0 Å². The summed E-state index contributed by atoms with van der Waals surface area (Å²) < 4.78 is 4.92. The van der Waals surface area contributed by atoms with Crippen molar-refractivity contribution in [3.8, 4) is 0 Å². The lowest BCUT2D eigenvalue weighted by Crippen LogP contribution is -2.46. The summed E-state index contributed by atoms with van der Waals surface area (Å²) in [5.74, 6) is -2.71. The lowest BCUT2D eigenvalue weighted by atomic mass is 10.1. The van der Waals surface area contributed by atoms with E-state index in [2.05, 4.69) is 5.32 Å². The summed E-state index contributed by atoms with van der Waals surface area (Å²) in [6.45, 7) is 6.18. The van der Waals surface area contributed by atoms with Crippen molar-refractivity contribution in [1.82, 2.24) is 10.2 Å². The number of rotatable bonds is 4. The van der Waals surface area contributed by atoms with Crippen molar-refractivity contribution in [3.63, 3.8) is 0 Å². The van der Waals surface area contributed by atoms with Gasteiger partial charge >= 0.3 is 5.97 Å². The van der Waals surface area contributed by atoms with Gasteiger partial charge in [-0.25, -0.2) is 4.79 Å². The van der Waals surface area contributed by atoms with Gasteiger partial charge in [0.05, 0.1) is 21.2 Å². The number of halogens is 2. The highest BCUT2D eigenvalue weighted by Crippen LogP contribution is 2.32. The van der Waals surface area contributed by atoms with Gasteiger partial charge in [0.25, 0.3) is 17.7 Å². The number of benzene rings is 1. The van der Waals surface area contributed by atoms with E-state index in [-0.39, 0.29) is 21.2 Å². The summed E-state index contributed by atoms with van der Waals surface area (Å²) in [7, 11) is 0. The zero-order valence-electron chi connectivity index (χ0n) is 14.7. The number of hydrogen-bond donors (Lipinski definition) is 1. The van der Waals surface area contributed by atoms with Crippen LogP contribution in [-0.2, 0) is 14.3 Å². The molecule has 26 heavy (non-hydrogen) atoms. The van der Waals surface area contributed by atoms with Gasteiger partial charge in [-0.05, 0) is 39.8 Å². The molecule has 0 aliphatic carbocycles. The number of esters is 1. The molecule has 0 radical (unpaired) electrons. The number of nitrogens with zero attached hydrogens (tertiary/aromatic N) is 1. The Morgan fingerprint density at radius 3 is 2.00 bits per heavy atom. The smallest absolute Gasteiger partial charge is 0.329 e. The van der Waals surface area contributed by atoms with Crippen molar-refractivity contribution in [2.24, 2.45) is 0 Å². The Morgan fingerprint density at radius 1 is 1.12 bits per heavy atom. The monoisotopic (exact) mass is 400 g/mol. The molecule has 1 N–H and O–H groups in total. The number of amides is 3. The molecule has 140 valence electrons. The SMILES string of the molecule is C[C@@H](C(=O)OCC(=O)NC(C)(C)C)N1C(=O)c2cc(Cl)c(Cl)cc2C1=O. The predicted octanol–water partition coefficient (Wildman–Crippen LogP) is 2.44. The summed E-state index contributed by atoms with van der Waals surface area (Å²) in [6, 6.07) is 1.37. The number of carbonyl (C=O) groups is 4. The lowest BCUT2D eigenvalue weighted by molar-refractivity contribution is -0.152. The highest BCUT2D eigenvalue weighted by atomic mass is 35.5. The lowest BCUT2D eigenvalue weighted by Gasteiger charge is -2.22. The van der Waals surface area contributed by atoms with Crippen LogP contribution in [0.1, 0.15) is 48.4 Å². The van der Waals surface area contributed by atoms with E-state index in [1.165, 1.54) is 19.1 Å². The highest BCUT2D eigenvalue weighted by Gasteiger charge is 2.42. The molecular formula is C17H18Cl2N2O5. The van der Waals surface area contributed by atoms with Crippen molar-refractivity contribution in [2.75, 3.05) is 6.61 Å². The Hall–Kier alpha value is -2.12. The number of hydrogen-bond acceptors (Lipinski definition) is 5. The molecule has 3 amide bonds. The van der Waals surface area contributed by atoms with Crippen LogP contribution in [0.3, 0.4) is 0 Å². The van der Waals surface area contributed by atoms with Crippen LogP contribution in [0.4, 0.5) is 0 Å². The second-order valence-electron chi connectivity index (χ2n) is 6.87. The van der Waals surface area contributed by atoms with E-state index < -0.39 is 41.9 Å². The Labute approximate surface area is 160 Å². The first-order valence-electron chi connectivity index (χ1n) is 7.77. The minimum atomic E-state index is -1.21. The molecule has 0 saturated carbocycles. The predicted molar refractivity (Wildman–Crippen MR) is 95.3 cm³/mol. The zero-order valence-corrected chi connectivity index (χ0v) is 16.2. The Morgan fingerprint density at radius 2 is 1.58 bits per heavy atom. The topological polar surface area (TPSA) is 92.8 Å². The molecule has 1 aromatic rings. The Kier molecular flexibility index (Phi) is 5.63. The number of ether oxygens (including phenoxy) is 1. The molecule has 1 aromatic carbocycles. The molecule has 1 aliphatic heterocycles. The maximum absolute atomic E-state index is 12.5. The molecule has 9 heteroatoms. The highest BCUT2D eigenvalue weighted by molar-refractivity contribution is 6.43. The molecule has 7 nitrogen and oxygen atoms in total. The maximum atomic E-state index is 12.5. The van der Waals surface area contributed by atoms with Gasteiger partial charge in [0.1, 0.15) is 6.04 Å². The first-order valence-corrected chi connectivity index (χ1v) is 8.52. The van der Waals surface area contributed by atoms with Gasteiger partial charge in [0.2, 0.25) is 0 Å². The molecule has 0 fully saturated rings. The van der Waals surface area contributed by atoms with Crippen LogP contribution >= 0.6 is 23.2 Å². The summed E-state index contributed by atoms with van der Waals surface area (Å²) >= 11 is 11.8. The zero-order chi connectivity index (χ0) is 19.8. The average Bonchev–Trinajstić information content (AvgIpc) is 2.74. The minimum Gasteiger partial charge on any atom is -0.454 e. The summed E-state index contributed by atoms with van der Waals surface area (Å²) in [5, 5.41) is 2.89. The molecule has 0 aromatic heterocycles. The molecule has 1 aliphatic rings. The van der Waals surface area contributed by atoms with Crippen molar-refractivity contribution >= 4 is 46.9 Å². The molecule has 0 saturated heterocycles. The van der Waals surface area contributed by atoms with Crippen molar-refractivity contribution in [3.05, 3.63) is 33.3 Å². The summed E-state index contributed by atoms with van der Waals surface area (Å²) in [5.41, 5.74) is -0.347. The van der Waals surface area contributed by atoms with E-state index in [1.54, 1.807) is 20.8 Å². The van der Waals surface area contributed by atoms with Crippen LogP contribution in [0.25, 0.3) is 0 Å². The summed E-state index contributed by atoms with van der Waals surface area (Å²) in [4.78, 5) is 49.6. The van der Waals surface area contributed by atoms with Gasteiger partial charge in [-0.3, -0.25) is 19.3 Å². The van der Waals surface area contributed by atoms with Gasteiger partial charge in [-0.1, -0.05) is 23.2 Å². The van der Waals surface area contributed by atoms with E-state index in [1.807, 2.05) is 0 Å². The largest absolute Gasteiger partial charge is 0.454 e. The van der Waals surface area contributed by atoms with Gasteiger partial charge in [-0.15, -0.1) is 0 Å². The van der Waals surface area contributed by atoms with Crippen LogP contribution in [0.15, 0.2) is 12.1 Å². The first kappa shape index (κ1) is 20.2. The van der Waals surface area contributed by atoms with Crippen LogP contribution < -0.4 is 5.32 Å². The third-order valence-electron chi connectivity index (χ3n) is 3.55. The molecule has 0 bridgehead atoms. The van der Waals surface area contributed by atoms with E-state index in [4.69, 9.17) is 27.9 Å². The molecular weight excluding hydrogens is 383 g/mol. The van der Waals surface area contributed by atoms with E-state index in [0.29, 0.717) is 0 Å². The minimum absolute atomic E-state index is 0.0644. The maximum Gasteiger partial charge on any atom is 0.329 e. The second kappa shape index (κ2) is 7.25. The Bertz CT molecular complexity index is 760. The number of fused-ring (bicyclic) bond motifs is 1. The number of nitrogens with one attached hydrogen (secondary N) is 1. The van der Waals surface area contributed by atoms with Crippen LogP contribution in [0.2, 0.25) is 10.0 Å². The molecule has 0 unspecified atom stereocenters. The second-order valence-corrected chi connectivity index (χ2v) is 7.69. The fraction of sp³-hybridized carbons (Fsp3) is 0.412. The van der Waals surface area contributed by atoms with Gasteiger partial charge in [0, 0.05) is 5.54 Å². The summed E-state index contributed by atoms with van der Waals surface area (Å²) in [6.07, 6.45) is 0. The number of carbonyl (C=O) groups excluding carboxylic acids is 4. The number of imide groups is 1. The van der Waals surface area contributed by atoms with Crippen LogP contribution in [0, 0.1) is 0 Å². The fourth-order valence-electron chi connectivity index (χ4n) is 2.42. The van der Waals surface area contributed by atoms with Crippen molar-refractivity contribution in [2.45, 2.75) is 39.3 Å². The van der Waals surface area contributed by atoms with Gasteiger partial charge in [0.15, 0.2) is 6.61 Å². The Balaban J connectivity index is 2.09.